The first kappa shape index (κ1) is 11.0. The zero-order chi connectivity index (χ0) is 11.0. The van der Waals surface area contributed by atoms with Gasteiger partial charge in [-0.2, -0.15) is 11.8 Å². The van der Waals surface area contributed by atoms with E-state index in [9.17, 15) is 9.50 Å². The summed E-state index contributed by atoms with van der Waals surface area (Å²) in [6.45, 7) is 4.01. The Hall–Kier alpha value is -0.540. The van der Waals surface area contributed by atoms with Crippen molar-refractivity contribution in [3.63, 3.8) is 0 Å². The standard InChI is InChI=1S/C12H15FOS/c1-7-3-9(13)5-10-11(7)6-15-8(2)4-12(10)14/h3,5,8,12,14H,4,6H2,1-2H3/t8?,12-/m0/s1. The molecule has 1 unspecified atom stereocenters. The summed E-state index contributed by atoms with van der Waals surface area (Å²) in [4.78, 5) is 0. The number of thioether (sulfide) groups is 1. The van der Waals surface area contributed by atoms with Crippen LogP contribution >= 0.6 is 11.8 Å². The van der Waals surface area contributed by atoms with Crippen molar-refractivity contribution in [1.82, 2.24) is 0 Å². The summed E-state index contributed by atoms with van der Waals surface area (Å²) in [5.41, 5.74) is 2.84. The van der Waals surface area contributed by atoms with Crippen LogP contribution < -0.4 is 0 Å². The van der Waals surface area contributed by atoms with E-state index in [0.717, 1.165) is 22.4 Å². The summed E-state index contributed by atoms with van der Waals surface area (Å²) in [5.74, 6) is 0.629. The van der Waals surface area contributed by atoms with Crippen LogP contribution in [0.3, 0.4) is 0 Å². The zero-order valence-electron chi connectivity index (χ0n) is 8.96. The van der Waals surface area contributed by atoms with Crippen molar-refractivity contribution in [2.75, 3.05) is 0 Å². The average molecular weight is 226 g/mol. The van der Waals surface area contributed by atoms with Crippen molar-refractivity contribution in [2.45, 2.75) is 37.4 Å². The van der Waals surface area contributed by atoms with Crippen LogP contribution in [0.5, 0.6) is 0 Å². The van der Waals surface area contributed by atoms with E-state index in [1.807, 2.05) is 18.7 Å². The molecule has 0 saturated carbocycles. The van der Waals surface area contributed by atoms with E-state index < -0.39 is 6.10 Å². The lowest BCUT2D eigenvalue weighted by Gasteiger charge is -2.14. The van der Waals surface area contributed by atoms with E-state index in [1.54, 1.807) is 6.07 Å². The number of hydrogen-bond donors (Lipinski definition) is 1. The lowest BCUT2D eigenvalue weighted by Crippen LogP contribution is -2.04. The van der Waals surface area contributed by atoms with Crippen molar-refractivity contribution in [1.29, 1.82) is 0 Å². The smallest absolute Gasteiger partial charge is 0.123 e. The molecule has 2 rings (SSSR count). The van der Waals surface area contributed by atoms with Gasteiger partial charge >= 0.3 is 0 Å². The highest BCUT2D eigenvalue weighted by molar-refractivity contribution is 7.99. The topological polar surface area (TPSA) is 20.2 Å². The predicted molar refractivity (Wildman–Crippen MR) is 61.5 cm³/mol. The van der Waals surface area contributed by atoms with Crippen LogP contribution in [0.2, 0.25) is 0 Å². The van der Waals surface area contributed by atoms with Gasteiger partial charge in [0, 0.05) is 11.0 Å². The zero-order valence-corrected chi connectivity index (χ0v) is 9.77. The largest absolute Gasteiger partial charge is 0.388 e. The van der Waals surface area contributed by atoms with Gasteiger partial charge in [-0.1, -0.05) is 6.92 Å². The molecule has 1 aromatic rings. The highest BCUT2D eigenvalue weighted by Gasteiger charge is 2.22. The summed E-state index contributed by atoms with van der Waals surface area (Å²) < 4.78 is 13.2. The van der Waals surface area contributed by atoms with Crippen molar-refractivity contribution >= 4 is 11.8 Å². The van der Waals surface area contributed by atoms with Gasteiger partial charge in [-0.05, 0) is 42.2 Å². The molecule has 1 nitrogen and oxygen atoms in total. The van der Waals surface area contributed by atoms with Crippen molar-refractivity contribution in [3.05, 3.63) is 34.6 Å². The molecule has 15 heavy (non-hydrogen) atoms. The SMILES string of the molecule is Cc1cc(F)cc2c1CSC(C)C[C@@H]2O. The normalized spacial score (nSPS) is 25.9. The molecule has 1 aliphatic heterocycles. The Kier molecular flexibility index (Phi) is 3.03. The Labute approximate surface area is 93.7 Å². The first-order valence-corrected chi connectivity index (χ1v) is 6.21. The van der Waals surface area contributed by atoms with Crippen LogP contribution in [0.1, 0.15) is 36.1 Å². The molecule has 1 N–H and O–H groups in total. The van der Waals surface area contributed by atoms with Gasteiger partial charge < -0.3 is 5.11 Å². The minimum Gasteiger partial charge on any atom is -0.388 e. The second-order valence-electron chi connectivity index (χ2n) is 4.16. The van der Waals surface area contributed by atoms with E-state index in [0.29, 0.717) is 11.7 Å². The molecule has 0 aliphatic carbocycles. The van der Waals surface area contributed by atoms with Gasteiger partial charge in [0.1, 0.15) is 5.82 Å². The fraction of sp³-hybridized carbons (Fsp3) is 0.500. The van der Waals surface area contributed by atoms with Crippen LogP contribution in [0.15, 0.2) is 12.1 Å². The fourth-order valence-corrected chi connectivity index (χ4v) is 3.19. The predicted octanol–water partition coefficient (Wildman–Crippen LogP) is 3.19. The van der Waals surface area contributed by atoms with Gasteiger partial charge in [0.05, 0.1) is 6.10 Å². The maximum Gasteiger partial charge on any atom is 0.123 e. The third-order valence-electron chi connectivity index (χ3n) is 2.90. The number of aliphatic hydroxyl groups is 1. The Morgan fingerprint density at radius 3 is 2.93 bits per heavy atom. The summed E-state index contributed by atoms with van der Waals surface area (Å²) in [7, 11) is 0. The number of aryl methyl sites for hydroxylation is 1. The van der Waals surface area contributed by atoms with Gasteiger partial charge in [-0.15, -0.1) is 0 Å². The minimum atomic E-state index is -0.514. The van der Waals surface area contributed by atoms with E-state index >= 15 is 0 Å². The molecule has 82 valence electrons. The monoisotopic (exact) mass is 226 g/mol. The number of halogens is 1. The lowest BCUT2D eigenvalue weighted by atomic mass is 9.96. The van der Waals surface area contributed by atoms with Gasteiger partial charge in [-0.3, -0.25) is 0 Å². The molecular weight excluding hydrogens is 211 g/mol. The minimum absolute atomic E-state index is 0.246. The van der Waals surface area contributed by atoms with Crippen LogP contribution in [0.4, 0.5) is 4.39 Å². The van der Waals surface area contributed by atoms with Gasteiger partial charge in [0.15, 0.2) is 0 Å². The third kappa shape index (κ3) is 2.18. The molecule has 0 amide bonds. The second-order valence-corrected chi connectivity index (χ2v) is 5.59. The molecule has 3 heteroatoms. The van der Waals surface area contributed by atoms with E-state index in [2.05, 4.69) is 6.92 Å². The first-order chi connectivity index (χ1) is 7.08. The molecule has 0 aromatic heterocycles. The molecule has 2 atom stereocenters. The van der Waals surface area contributed by atoms with Crippen molar-refractivity contribution in [2.24, 2.45) is 0 Å². The van der Waals surface area contributed by atoms with Gasteiger partial charge in [0.25, 0.3) is 0 Å². The second kappa shape index (κ2) is 4.14. The molecule has 0 saturated heterocycles. The number of hydrogen-bond acceptors (Lipinski definition) is 2. The third-order valence-corrected chi connectivity index (χ3v) is 4.12. The van der Waals surface area contributed by atoms with Crippen LogP contribution in [-0.4, -0.2) is 10.4 Å². The summed E-state index contributed by atoms with van der Waals surface area (Å²) in [6.07, 6.45) is 0.194. The van der Waals surface area contributed by atoms with E-state index in [1.165, 1.54) is 6.07 Å². The van der Waals surface area contributed by atoms with Crippen LogP contribution in [0, 0.1) is 12.7 Å². The molecule has 0 spiro atoms. The van der Waals surface area contributed by atoms with Crippen LogP contribution in [0.25, 0.3) is 0 Å². The summed E-state index contributed by atoms with van der Waals surface area (Å²) in [6, 6.07) is 3.02. The van der Waals surface area contributed by atoms with Gasteiger partial charge in [-0.25, -0.2) is 4.39 Å². The quantitative estimate of drug-likeness (QED) is 0.733. The highest BCUT2D eigenvalue weighted by Crippen LogP contribution is 2.36. The summed E-state index contributed by atoms with van der Waals surface area (Å²) in [5, 5.41) is 10.4. The maximum atomic E-state index is 13.2. The molecular formula is C12H15FOS. The molecule has 0 bridgehead atoms. The Bertz CT molecular complexity index is 378. The van der Waals surface area contributed by atoms with E-state index in [4.69, 9.17) is 0 Å². The summed E-state index contributed by atoms with van der Waals surface area (Å²) >= 11 is 1.82. The maximum absolute atomic E-state index is 13.2. The molecule has 1 aliphatic rings. The van der Waals surface area contributed by atoms with Crippen LogP contribution in [-0.2, 0) is 5.75 Å². The molecule has 1 aromatic carbocycles. The number of benzene rings is 1. The van der Waals surface area contributed by atoms with Crippen molar-refractivity contribution < 1.29 is 9.50 Å². The highest BCUT2D eigenvalue weighted by atomic mass is 32.2. The molecule has 0 radical (unpaired) electrons. The number of fused-ring (bicyclic) bond motifs is 1. The number of rotatable bonds is 0. The van der Waals surface area contributed by atoms with Crippen molar-refractivity contribution in [3.8, 4) is 0 Å². The Balaban J connectivity index is 2.48. The molecule has 0 fully saturated rings. The van der Waals surface area contributed by atoms with E-state index in [-0.39, 0.29) is 5.82 Å². The Morgan fingerprint density at radius 1 is 1.47 bits per heavy atom. The molecule has 1 heterocycles. The average Bonchev–Trinajstić information content (AvgIpc) is 2.27. The lowest BCUT2D eigenvalue weighted by molar-refractivity contribution is 0.168. The Morgan fingerprint density at radius 2 is 2.20 bits per heavy atom. The van der Waals surface area contributed by atoms with Gasteiger partial charge in [0.2, 0.25) is 0 Å². The first-order valence-electron chi connectivity index (χ1n) is 5.16. The number of aliphatic hydroxyl groups excluding tert-OH is 1. The fourth-order valence-electron chi connectivity index (χ4n) is 2.03.